The molecular weight excluding hydrogens is 290 g/mol. The van der Waals surface area contributed by atoms with E-state index in [4.69, 9.17) is 4.74 Å². The molecule has 1 saturated heterocycles. The van der Waals surface area contributed by atoms with Crippen LogP contribution in [-0.2, 0) is 9.53 Å². The van der Waals surface area contributed by atoms with Gasteiger partial charge in [0.2, 0.25) is 5.91 Å². The van der Waals surface area contributed by atoms with Crippen LogP contribution in [0.1, 0.15) is 54.4 Å². The number of amides is 1. The standard InChI is InChI=1S/C19H27NO3/c1-15-4-6-17(7-5-15)18(21)8-9-19(22)20-12-2-3-16-10-13-23-14-11-16/h4-7,16H,2-3,8-14H2,1H3,(H,20,22). The molecule has 4 heteroatoms. The number of carbonyl (C=O) groups excluding carboxylic acids is 2. The maximum Gasteiger partial charge on any atom is 0.220 e. The monoisotopic (exact) mass is 317 g/mol. The van der Waals surface area contributed by atoms with Gasteiger partial charge in [-0.3, -0.25) is 9.59 Å². The first-order valence-electron chi connectivity index (χ1n) is 8.59. The summed E-state index contributed by atoms with van der Waals surface area (Å²) >= 11 is 0. The SMILES string of the molecule is Cc1ccc(C(=O)CCC(=O)NCCCC2CCOCC2)cc1. The molecule has 1 aromatic carbocycles. The molecule has 23 heavy (non-hydrogen) atoms. The van der Waals surface area contributed by atoms with Crippen LogP contribution in [0.2, 0.25) is 0 Å². The Morgan fingerprint density at radius 1 is 1.13 bits per heavy atom. The minimum atomic E-state index is -0.0301. The molecule has 2 rings (SSSR count). The summed E-state index contributed by atoms with van der Waals surface area (Å²) < 4.78 is 5.34. The summed E-state index contributed by atoms with van der Waals surface area (Å²) in [6.07, 6.45) is 4.96. The van der Waals surface area contributed by atoms with Crippen molar-refractivity contribution < 1.29 is 14.3 Å². The first-order chi connectivity index (χ1) is 11.1. The first-order valence-corrected chi connectivity index (χ1v) is 8.59. The Morgan fingerprint density at radius 2 is 1.83 bits per heavy atom. The number of benzene rings is 1. The van der Waals surface area contributed by atoms with E-state index in [1.165, 1.54) is 0 Å². The summed E-state index contributed by atoms with van der Waals surface area (Å²) in [5.41, 5.74) is 1.81. The molecule has 0 aliphatic carbocycles. The Kier molecular flexibility index (Phi) is 7.27. The summed E-state index contributed by atoms with van der Waals surface area (Å²) in [6.45, 7) is 4.44. The predicted octanol–water partition coefficient (Wildman–Crippen LogP) is 3.28. The molecule has 1 heterocycles. The van der Waals surface area contributed by atoms with Gasteiger partial charge in [0.1, 0.15) is 0 Å². The summed E-state index contributed by atoms with van der Waals surface area (Å²) in [6, 6.07) is 7.49. The van der Waals surface area contributed by atoms with Gasteiger partial charge in [0, 0.05) is 38.2 Å². The van der Waals surface area contributed by atoms with Gasteiger partial charge >= 0.3 is 0 Å². The number of ketones is 1. The second-order valence-corrected chi connectivity index (χ2v) is 6.34. The van der Waals surface area contributed by atoms with Gasteiger partial charge in [-0.1, -0.05) is 29.8 Å². The molecule has 0 radical (unpaired) electrons. The van der Waals surface area contributed by atoms with Crippen molar-refractivity contribution >= 4 is 11.7 Å². The van der Waals surface area contributed by atoms with E-state index in [0.717, 1.165) is 50.4 Å². The van der Waals surface area contributed by atoms with Crippen molar-refractivity contribution in [2.75, 3.05) is 19.8 Å². The summed E-state index contributed by atoms with van der Waals surface area (Å²) in [5, 5.41) is 2.92. The minimum Gasteiger partial charge on any atom is -0.381 e. The highest BCUT2D eigenvalue weighted by Gasteiger charge is 2.13. The zero-order chi connectivity index (χ0) is 16.5. The summed E-state index contributed by atoms with van der Waals surface area (Å²) in [4.78, 5) is 23.8. The maximum absolute atomic E-state index is 12.0. The number of aryl methyl sites for hydroxylation is 1. The van der Waals surface area contributed by atoms with E-state index < -0.39 is 0 Å². The van der Waals surface area contributed by atoms with Gasteiger partial charge in [-0.2, -0.15) is 0 Å². The lowest BCUT2D eigenvalue weighted by Gasteiger charge is -2.21. The van der Waals surface area contributed by atoms with Gasteiger partial charge in [0.25, 0.3) is 0 Å². The molecule has 1 aliphatic heterocycles. The molecule has 1 amide bonds. The normalized spacial score (nSPS) is 15.3. The summed E-state index contributed by atoms with van der Waals surface area (Å²) in [5.74, 6) is 0.739. The van der Waals surface area contributed by atoms with E-state index in [9.17, 15) is 9.59 Å². The van der Waals surface area contributed by atoms with E-state index in [-0.39, 0.29) is 24.5 Å². The Hall–Kier alpha value is -1.68. The van der Waals surface area contributed by atoms with Gasteiger partial charge in [-0.25, -0.2) is 0 Å². The molecule has 1 aromatic rings. The molecule has 1 aliphatic rings. The average Bonchev–Trinajstić information content (AvgIpc) is 2.58. The van der Waals surface area contributed by atoms with E-state index in [0.29, 0.717) is 12.1 Å². The lowest BCUT2D eigenvalue weighted by atomic mass is 9.95. The Labute approximate surface area is 138 Å². The van der Waals surface area contributed by atoms with Crippen LogP contribution in [0.15, 0.2) is 24.3 Å². The molecular formula is C19H27NO3. The van der Waals surface area contributed by atoms with E-state index in [1.807, 2.05) is 31.2 Å². The van der Waals surface area contributed by atoms with Gasteiger partial charge in [-0.05, 0) is 38.5 Å². The van der Waals surface area contributed by atoms with Gasteiger partial charge in [0.05, 0.1) is 0 Å². The quantitative estimate of drug-likeness (QED) is 0.591. The van der Waals surface area contributed by atoms with E-state index in [1.54, 1.807) is 0 Å². The molecule has 0 spiro atoms. The molecule has 4 nitrogen and oxygen atoms in total. The maximum atomic E-state index is 12.0. The molecule has 0 aromatic heterocycles. The number of ether oxygens (including phenoxy) is 1. The van der Waals surface area contributed by atoms with Crippen molar-refractivity contribution in [3.05, 3.63) is 35.4 Å². The fraction of sp³-hybridized carbons (Fsp3) is 0.579. The van der Waals surface area contributed by atoms with Crippen LogP contribution in [0.25, 0.3) is 0 Å². The highest BCUT2D eigenvalue weighted by molar-refractivity contribution is 5.97. The minimum absolute atomic E-state index is 0.0300. The van der Waals surface area contributed by atoms with Crippen LogP contribution in [0.3, 0.4) is 0 Å². The highest BCUT2D eigenvalue weighted by atomic mass is 16.5. The van der Waals surface area contributed by atoms with Crippen molar-refractivity contribution in [1.82, 2.24) is 5.32 Å². The topological polar surface area (TPSA) is 55.4 Å². The lowest BCUT2D eigenvalue weighted by Crippen LogP contribution is -2.25. The third kappa shape index (κ3) is 6.53. The zero-order valence-corrected chi connectivity index (χ0v) is 14.0. The van der Waals surface area contributed by atoms with Crippen LogP contribution in [0.5, 0.6) is 0 Å². The first kappa shape index (κ1) is 17.7. The highest BCUT2D eigenvalue weighted by Crippen LogP contribution is 2.19. The Morgan fingerprint density at radius 3 is 2.52 bits per heavy atom. The molecule has 0 unspecified atom stereocenters. The van der Waals surface area contributed by atoms with Gasteiger partial charge < -0.3 is 10.1 Å². The smallest absolute Gasteiger partial charge is 0.220 e. The molecule has 1 fully saturated rings. The Bertz CT molecular complexity index is 504. The number of Topliss-reactive ketones (excluding diaryl/α,β-unsaturated/α-hetero) is 1. The van der Waals surface area contributed by atoms with Crippen LogP contribution >= 0.6 is 0 Å². The van der Waals surface area contributed by atoms with Gasteiger partial charge in [0.15, 0.2) is 5.78 Å². The molecule has 0 bridgehead atoms. The van der Waals surface area contributed by atoms with Crippen molar-refractivity contribution in [3.63, 3.8) is 0 Å². The molecule has 1 N–H and O–H groups in total. The molecule has 0 atom stereocenters. The fourth-order valence-corrected chi connectivity index (χ4v) is 2.85. The summed E-state index contributed by atoms with van der Waals surface area (Å²) in [7, 11) is 0. The van der Waals surface area contributed by atoms with Crippen molar-refractivity contribution in [3.8, 4) is 0 Å². The Balaban J connectivity index is 1.57. The predicted molar refractivity (Wildman–Crippen MR) is 90.5 cm³/mol. The largest absolute Gasteiger partial charge is 0.381 e. The third-order valence-electron chi connectivity index (χ3n) is 4.40. The van der Waals surface area contributed by atoms with Crippen molar-refractivity contribution in [2.45, 2.75) is 45.4 Å². The zero-order valence-electron chi connectivity index (χ0n) is 14.0. The van der Waals surface area contributed by atoms with Crippen LogP contribution in [-0.4, -0.2) is 31.4 Å². The van der Waals surface area contributed by atoms with Crippen molar-refractivity contribution in [2.24, 2.45) is 5.92 Å². The van der Waals surface area contributed by atoms with Crippen molar-refractivity contribution in [1.29, 1.82) is 0 Å². The molecule has 126 valence electrons. The second-order valence-electron chi connectivity index (χ2n) is 6.34. The van der Waals surface area contributed by atoms with Crippen LogP contribution in [0, 0.1) is 12.8 Å². The van der Waals surface area contributed by atoms with Crippen LogP contribution in [0.4, 0.5) is 0 Å². The van der Waals surface area contributed by atoms with E-state index >= 15 is 0 Å². The number of hydrogen-bond acceptors (Lipinski definition) is 3. The van der Waals surface area contributed by atoms with Crippen LogP contribution < -0.4 is 5.32 Å². The average molecular weight is 317 g/mol. The number of rotatable bonds is 8. The fourth-order valence-electron chi connectivity index (χ4n) is 2.85. The number of nitrogens with one attached hydrogen (secondary N) is 1. The number of carbonyl (C=O) groups is 2. The lowest BCUT2D eigenvalue weighted by molar-refractivity contribution is -0.121. The third-order valence-corrected chi connectivity index (χ3v) is 4.40. The molecule has 0 saturated carbocycles. The van der Waals surface area contributed by atoms with E-state index in [2.05, 4.69) is 5.32 Å². The second kappa shape index (κ2) is 9.46. The number of hydrogen-bond donors (Lipinski definition) is 1. The van der Waals surface area contributed by atoms with Gasteiger partial charge in [-0.15, -0.1) is 0 Å².